The van der Waals surface area contributed by atoms with Gasteiger partial charge in [-0.15, -0.1) is 6.42 Å². The number of para-hydroxylation sites is 1. The number of benzene rings is 2. The second kappa shape index (κ2) is 7.86. The Bertz CT molecular complexity index is 952. The highest BCUT2D eigenvalue weighted by molar-refractivity contribution is 6.09. The molecule has 0 bridgehead atoms. The third-order valence-corrected chi connectivity index (χ3v) is 3.80. The topological polar surface area (TPSA) is 63.1 Å². The van der Waals surface area contributed by atoms with Crippen LogP contribution >= 0.6 is 0 Å². The first-order valence-corrected chi connectivity index (χ1v) is 8.04. The number of carbonyl (C=O) groups is 2. The van der Waals surface area contributed by atoms with Gasteiger partial charge in [-0.1, -0.05) is 18.1 Å². The van der Waals surface area contributed by atoms with E-state index >= 15 is 0 Å². The van der Waals surface area contributed by atoms with Crippen molar-refractivity contribution in [1.29, 1.82) is 0 Å². The Morgan fingerprint density at radius 2 is 1.62 bits per heavy atom. The number of carbonyl (C=O) groups excluding carboxylic acids is 2. The zero-order chi connectivity index (χ0) is 18.4. The Kier molecular flexibility index (Phi) is 5.16. The highest BCUT2D eigenvalue weighted by Crippen LogP contribution is 2.17. The summed E-state index contributed by atoms with van der Waals surface area (Å²) in [6.45, 7) is 0.127. The van der Waals surface area contributed by atoms with E-state index in [0.717, 1.165) is 5.69 Å². The molecule has 3 aromatic rings. The van der Waals surface area contributed by atoms with Crippen LogP contribution in [0.25, 0.3) is 5.69 Å². The molecule has 0 fully saturated rings. The van der Waals surface area contributed by atoms with E-state index in [4.69, 9.17) is 6.42 Å². The Balaban J connectivity index is 1.76. The highest BCUT2D eigenvalue weighted by Gasteiger charge is 2.13. The van der Waals surface area contributed by atoms with Gasteiger partial charge in [0.25, 0.3) is 11.8 Å². The van der Waals surface area contributed by atoms with Gasteiger partial charge in [0.1, 0.15) is 0 Å². The largest absolute Gasteiger partial charge is 0.341 e. The summed E-state index contributed by atoms with van der Waals surface area (Å²) in [4.78, 5) is 24.7. The predicted molar refractivity (Wildman–Crippen MR) is 101 cm³/mol. The monoisotopic (exact) mass is 343 g/mol. The lowest BCUT2D eigenvalue weighted by Gasteiger charge is -2.11. The number of aromatic nitrogens is 1. The molecule has 0 saturated heterocycles. The molecule has 0 aliphatic heterocycles. The van der Waals surface area contributed by atoms with Crippen molar-refractivity contribution in [1.82, 2.24) is 9.88 Å². The fourth-order valence-electron chi connectivity index (χ4n) is 2.50. The van der Waals surface area contributed by atoms with Gasteiger partial charge >= 0.3 is 0 Å². The molecule has 0 radical (unpaired) electrons. The maximum Gasteiger partial charge on any atom is 0.255 e. The molecule has 0 aliphatic carbocycles. The Labute approximate surface area is 151 Å². The molecule has 1 heterocycles. The van der Waals surface area contributed by atoms with Crippen LogP contribution < -0.4 is 10.6 Å². The van der Waals surface area contributed by atoms with Crippen LogP contribution in [0.5, 0.6) is 0 Å². The molecule has 0 aliphatic rings. The summed E-state index contributed by atoms with van der Waals surface area (Å²) in [5, 5.41) is 5.38. The van der Waals surface area contributed by atoms with Crippen molar-refractivity contribution in [3.8, 4) is 18.0 Å². The average Bonchev–Trinajstić information content (AvgIpc) is 3.21. The minimum absolute atomic E-state index is 0.127. The van der Waals surface area contributed by atoms with E-state index in [9.17, 15) is 9.59 Å². The Hall–Kier alpha value is -3.78. The molecule has 26 heavy (non-hydrogen) atoms. The van der Waals surface area contributed by atoms with Crippen molar-refractivity contribution in [2.75, 3.05) is 11.9 Å². The Morgan fingerprint density at radius 3 is 2.31 bits per heavy atom. The van der Waals surface area contributed by atoms with Crippen LogP contribution in [0.15, 0.2) is 73.1 Å². The fraction of sp³-hybridized carbons (Fsp3) is 0.0476. The number of hydrogen-bond donors (Lipinski definition) is 2. The van der Waals surface area contributed by atoms with Gasteiger partial charge in [0.15, 0.2) is 0 Å². The maximum absolute atomic E-state index is 12.5. The zero-order valence-corrected chi connectivity index (χ0v) is 14.0. The first-order chi connectivity index (χ1) is 12.7. The lowest BCUT2D eigenvalue weighted by atomic mass is 10.1. The number of amides is 2. The molecule has 2 amide bonds. The molecule has 3 rings (SSSR count). The van der Waals surface area contributed by atoms with E-state index in [1.807, 2.05) is 41.2 Å². The van der Waals surface area contributed by atoms with Gasteiger partial charge in [-0.05, 0) is 48.5 Å². The van der Waals surface area contributed by atoms with Gasteiger partial charge in [-0.3, -0.25) is 9.59 Å². The number of rotatable bonds is 5. The number of anilines is 1. The number of nitrogens with one attached hydrogen (secondary N) is 2. The van der Waals surface area contributed by atoms with Crippen LogP contribution in [-0.2, 0) is 0 Å². The van der Waals surface area contributed by atoms with Crippen LogP contribution in [-0.4, -0.2) is 22.9 Å². The van der Waals surface area contributed by atoms with Crippen LogP contribution in [0.2, 0.25) is 0 Å². The highest BCUT2D eigenvalue weighted by atomic mass is 16.2. The van der Waals surface area contributed by atoms with E-state index in [0.29, 0.717) is 16.8 Å². The molecule has 0 atom stereocenters. The molecular formula is C21H17N3O2. The molecule has 2 N–H and O–H groups in total. The summed E-state index contributed by atoms with van der Waals surface area (Å²) in [5.74, 6) is 1.73. The molecule has 2 aromatic carbocycles. The first-order valence-electron chi connectivity index (χ1n) is 8.04. The maximum atomic E-state index is 12.5. The van der Waals surface area contributed by atoms with Crippen molar-refractivity contribution in [2.24, 2.45) is 0 Å². The smallest absolute Gasteiger partial charge is 0.255 e. The lowest BCUT2D eigenvalue weighted by Crippen LogP contribution is -2.25. The van der Waals surface area contributed by atoms with E-state index in [-0.39, 0.29) is 18.4 Å². The quantitative estimate of drug-likeness (QED) is 0.699. The molecule has 0 spiro atoms. The molecule has 0 unspecified atom stereocenters. The number of terminal acetylenes is 1. The standard InChI is InChI=1S/C21H17N3O2/c1-2-13-22-21(26)18-7-3-4-8-19(18)23-20(25)16-9-11-17(12-10-16)24-14-5-6-15-24/h1,3-12,14-15H,13H2,(H,22,26)(H,23,25). The molecule has 5 nitrogen and oxygen atoms in total. The average molecular weight is 343 g/mol. The van der Waals surface area contributed by atoms with Crippen LogP contribution in [0, 0.1) is 12.3 Å². The van der Waals surface area contributed by atoms with Gasteiger partial charge in [-0.2, -0.15) is 0 Å². The summed E-state index contributed by atoms with van der Waals surface area (Å²) in [6.07, 6.45) is 9.02. The minimum Gasteiger partial charge on any atom is -0.341 e. The SMILES string of the molecule is C#CCNC(=O)c1ccccc1NC(=O)c1ccc(-n2cccc2)cc1. The Morgan fingerprint density at radius 1 is 0.923 bits per heavy atom. The van der Waals surface area contributed by atoms with Gasteiger partial charge in [0.2, 0.25) is 0 Å². The van der Waals surface area contributed by atoms with Crippen molar-refractivity contribution in [2.45, 2.75) is 0 Å². The predicted octanol–water partition coefficient (Wildman–Crippen LogP) is 3.09. The fourth-order valence-corrected chi connectivity index (χ4v) is 2.50. The second-order valence-corrected chi connectivity index (χ2v) is 5.52. The van der Waals surface area contributed by atoms with Gasteiger partial charge < -0.3 is 15.2 Å². The summed E-state index contributed by atoms with van der Waals surface area (Å²) < 4.78 is 1.95. The molecule has 1 aromatic heterocycles. The van der Waals surface area contributed by atoms with Crippen LogP contribution in [0.1, 0.15) is 20.7 Å². The third-order valence-electron chi connectivity index (χ3n) is 3.80. The van der Waals surface area contributed by atoms with Crippen molar-refractivity contribution in [3.05, 3.63) is 84.2 Å². The van der Waals surface area contributed by atoms with Crippen molar-refractivity contribution in [3.63, 3.8) is 0 Å². The van der Waals surface area contributed by atoms with Gasteiger partial charge in [-0.25, -0.2) is 0 Å². The zero-order valence-electron chi connectivity index (χ0n) is 14.0. The van der Waals surface area contributed by atoms with Gasteiger partial charge in [0, 0.05) is 23.6 Å². The summed E-state index contributed by atoms with van der Waals surface area (Å²) in [7, 11) is 0. The molecule has 0 saturated carbocycles. The van der Waals surface area contributed by atoms with E-state index in [1.54, 1.807) is 36.4 Å². The summed E-state index contributed by atoms with van der Waals surface area (Å²) in [5.41, 5.74) is 2.25. The van der Waals surface area contributed by atoms with Crippen LogP contribution in [0.4, 0.5) is 5.69 Å². The molecular weight excluding hydrogens is 326 g/mol. The number of nitrogens with zero attached hydrogens (tertiary/aromatic N) is 1. The molecule has 128 valence electrons. The molecule has 5 heteroatoms. The van der Waals surface area contributed by atoms with E-state index < -0.39 is 0 Å². The number of hydrogen-bond acceptors (Lipinski definition) is 2. The van der Waals surface area contributed by atoms with Gasteiger partial charge in [0.05, 0.1) is 17.8 Å². The van der Waals surface area contributed by atoms with Crippen molar-refractivity contribution < 1.29 is 9.59 Å². The third kappa shape index (κ3) is 3.82. The minimum atomic E-state index is -0.332. The second-order valence-electron chi connectivity index (χ2n) is 5.52. The van der Waals surface area contributed by atoms with Crippen molar-refractivity contribution >= 4 is 17.5 Å². The lowest BCUT2D eigenvalue weighted by molar-refractivity contribution is 0.0959. The normalized spacial score (nSPS) is 9.96. The summed E-state index contributed by atoms with van der Waals surface area (Å²) >= 11 is 0. The first kappa shape index (κ1) is 17.1. The van der Waals surface area contributed by atoms with E-state index in [1.165, 1.54) is 0 Å². The van der Waals surface area contributed by atoms with E-state index in [2.05, 4.69) is 16.6 Å². The summed E-state index contributed by atoms with van der Waals surface area (Å²) in [6, 6.07) is 17.9. The van der Waals surface area contributed by atoms with Crippen LogP contribution in [0.3, 0.4) is 0 Å².